The van der Waals surface area contributed by atoms with Crippen LogP contribution in [0.2, 0.25) is 0 Å². The topological polar surface area (TPSA) is 131 Å². The van der Waals surface area contributed by atoms with Gasteiger partial charge in [0.25, 0.3) is 0 Å². The molecule has 0 unspecified atom stereocenters. The van der Waals surface area contributed by atoms with E-state index in [0.29, 0.717) is 39.5 Å². The summed E-state index contributed by atoms with van der Waals surface area (Å²) in [6, 6.07) is 9.39. The van der Waals surface area contributed by atoms with Gasteiger partial charge in [-0.2, -0.15) is 0 Å². The second kappa shape index (κ2) is 18.6. The third-order valence-corrected chi connectivity index (χ3v) is 3.92. The zero-order valence-electron chi connectivity index (χ0n) is 20.8. The fourth-order valence-electron chi connectivity index (χ4n) is 2.39. The molecule has 0 saturated carbocycles. The number of nitrogens with one attached hydrogen (secondary N) is 2. The van der Waals surface area contributed by atoms with Crippen molar-refractivity contribution in [3.05, 3.63) is 35.9 Å². The first kappa shape index (κ1) is 30.3. The molecule has 0 heterocycles. The van der Waals surface area contributed by atoms with Crippen molar-refractivity contribution in [2.24, 2.45) is 0 Å². The molecule has 1 aromatic rings. The van der Waals surface area contributed by atoms with Gasteiger partial charge in [0.1, 0.15) is 25.4 Å². The lowest BCUT2D eigenvalue weighted by molar-refractivity contribution is -0.150. The number of amides is 2. The standard InChI is InChI=1S/C24H38N2O9/c1-24(2,3)35-23(29)26-10-12-31-13-15-32-18-21(27)25-9-11-30-14-16-33-19-22(28)34-17-20-7-5-4-6-8-20/h4-8H,9-19H2,1-3H3,(H,25,27)(H,26,29). The molecule has 0 fully saturated rings. The highest BCUT2D eigenvalue weighted by Crippen LogP contribution is 2.06. The summed E-state index contributed by atoms with van der Waals surface area (Å²) in [5, 5.41) is 5.24. The normalized spacial score (nSPS) is 11.1. The number of ether oxygens (including phenoxy) is 6. The molecule has 2 amide bonds. The van der Waals surface area contributed by atoms with Gasteiger partial charge in [-0.25, -0.2) is 9.59 Å². The fraction of sp³-hybridized carbons (Fsp3) is 0.625. The molecule has 0 aliphatic rings. The van der Waals surface area contributed by atoms with E-state index in [1.807, 2.05) is 30.3 Å². The maximum atomic E-state index is 11.7. The number of esters is 1. The molecule has 0 bridgehead atoms. The van der Waals surface area contributed by atoms with E-state index < -0.39 is 17.7 Å². The molecule has 0 aliphatic carbocycles. The Morgan fingerprint density at radius 1 is 0.743 bits per heavy atom. The third kappa shape index (κ3) is 19.3. The Balaban J connectivity index is 1.83. The first-order chi connectivity index (χ1) is 16.8. The number of hydrogen-bond acceptors (Lipinski definition) is 9. The number of carbonyl (C=O) groups is 3. The van der Waals surface area contributed by atoms with E-state index >= 15 is 0 Å². The minimum Gasteiger partial charge on any atom is -0.459 e. The van der Waals surface area contributed by atoms with Gasteiger partial charge in [0.2, 0.25) is 5.91 Å². The van der Waals surface area contributed by atoms with E-state index in [-0.39, 0.29) is 38.9 Å². The average molecular weight is 499 g/mol. The van der Waals surface area contributed by atoms with Crippen LogP contribution < -0.4 is 10.6 Å². The van der Waals surface area contributed by atoms with Gasteiger partial charge in [0, 0.05) is 13.1 Å². The van der Waals surface area contributed by atoms with Crippen molar-refractivity contribution in [2.45, 2.75) is 33.0 Å². The van der Waals surface area contributed by atoms with Crippen molar-refractivity contribution < 1.29 is 42.8 Å². The lowest BCUT2D eigenvalue weighted by Crippen LogP contribution is -2.34. The zero-order chi connectivity index (χ0) is 25.8. The maximum absolute atomic E-state index is 11.7. The van der Waals surface area contributed by atoms with Gasteiger partial charge in [-0.3, -0.25) is 4.79 Å². The van der Waals surface area contributed by atoms with E-state index in [1.54, 1.807) is 20.8 Å². The SMILES string of the molecule is CC(C)(C)OC(=O)NCCOCCOCC(=O)NCCOCCOCC(=O)OCc1ccccc1. The third-order valence-electron chi connectivity index (χ3n) is 3.92. The lowest BCUT2D eigenvalue weighted by atomic mass is 10.2. The van der Waals surface area contributed by atoms with Crippen LogP contribution in [0.25, 0.3) is 0 Å². The van der Waals surface area contributed by atoms with E-state index in [4.69, 9.17) is 28.4 Å². The van der Waals surface area contributed by atoms with Gasteiger partial charge < -0.3 is 39.1 Å². The van der Waals surface area contributed by atoms with Gasteiger partial charge in [-0.1, -0.05) is 30.3 Å². The van der Waals surface area contributed by atoms with Gasteiger partial charge in [-0.15, -0.1) is 0 Å². The predicted molar refractivity (Wildman–Crippen MR) is 127 cm³/mol. The molecular weight excluding hydrogens is 460 g/mol. The molecular formula is C24H38N2O9. The second-order valence-electron chi connectivity index (χ2n) is 8.25. The molecule has 11 heteroatoms. The number of alkyl carbamates (subject to hydrolysis) is 1. The summed E-state index contributed by atoms with van der Waals surface area (Å²) in [6.07, 6.45) is -0.496. The Morgan fingerprint density at radius 3 is 1.94 bits per heavy atom. The molecule has 35 heavy (non-hydrogen) atoms. The van der Waals surface area contributed by atoms with E-state index in [2.05, 4.69) is 10.6 Å². The van der Waals surface area contributed by atoms with Crippen molar-refractivity contribution in [1.82, 2.24) is 10.6 Å². The molecule has 0 radical (unpaired) electrons. The van der Waals surface area contributed by atoms with E-state index in [9.17, 15) is 14.4 Å². The first-order valence-electron chi connectivity index (χ1n) is 11.5. The summed E-state index contributed by atoms with van der Waals surface area (Å²) in [4.78, 5) is 34.7. The molecule has 1 aromatic carbocycles. The quantitative estimate of drug-likeness (QED) is 0.228. The van der Waals surface area contributed by atoms with E-state index in [1.165, 1.54) is 0 Å². The number of benzene rings is 1. The van der Waals surface area contributed by atoms with Crippen LogP contribution in [-0.2, 0) is 44.6 Å². The highest BCUT2D eigenvalue weighted by molar-refractivity contribution is 5.77. The van der Waals surface area contributed by atoms with Crippen LogP contribution in [0.3, 0.4) is 0 Å². The summed E-state index contributed by atoms with van der Waals surface area (Å²) in [6.45, 7) is 7.68. The molecule has 1 rings (SSSR count). The zero-order valence-corrected chi connectivity index (χ0v) is 20.8. The Hall–Kier alpha value is -2.73. The van der Waals surface area contributed by atoms with Crippen molar-refractivity contribution in [3.63, 3.8) is 0 Å². The monoisotopic (exact) mass is 498 g/mol. The van der Waals surface area contributed by atoms with Gasteiger partial charge in [-0.05, 0) is 26.3 Å². The highest BCUT2D eigenvalue weighted by Gasteiger charge is 2.15. The number of carbonyl (C=O) groups excluding carboxylic acids is 3. The Bertz CT molecular complexity index is 723. The fourth-order valence-corrected chi connectivity index (χ4v) is 2.39. The second-order valence-corrected chi connectivity index (χ2v) is 8.25. The number of hydrogen-bond donors (Lipinski definition) is 2. The van der Waals surface area contributed by atoms with Crippen molar-refractivity contribution in [1.29, 1.82) is 0 Å². The van der Waals surface area contributed by atoms with Crippen LogP contribution in [0.1, 0.15) is 26.3 Å². The molecule has 11 nitrogen and oxygen atoms in total. The summed E-state index contributed by atoms with van der Waals surface area (Å²) < 4.78 is 31.2. The lowest BCUT2D eigenvalue weighted by Gasteiger charge is -2.19. The highest BCUT2D eigenvalue weighted by atomic mass is 16.6. The Kier molecular flexibility index (Phi) is 16.1. The van der Waals surface area contributed by atoms with Crippen molar-refractivity contribution in [3.8, 4) is 0 Å². The molecule has 0 atom stereocenters. The molecule has 0 spiro atoms. The molecule has 0 saturated heterocycles. The smallest absolute Gasteiger partial charge is 0.407 e. The summed E-state index contributed by atoms with van der Waals surface area (Å²) in [5.74, 6) is -0.707. The largest absolute Gasteiger partial charge is 0.459 e. The van der Waals surface area contributed by atoms with Gasteiger partial charge in [0.05, 0.1) is 39.6 Å². The minimum absolute atomic E-state index is 0.0896. The summed E-state index contributed by atoms with van der Waals surface area (Å²) in [5.41, 5.74) is 0.370. The average Bonchev–Trinajstić information content (AvgIpc) is 2.80. The van der Waals surface area contributed by atoms with Crippen LogP contribution in [-0.4, -0.2) is 89.5 Å². The van der Waals surface area contributed by atoms with Crippen LogP contribution >= 0.6 is 0 Å². The van der Waals surface area contributed by atoms with Crippen LogP contribution in [0.4, 0.5) is 4.79 Å². The van der Waals surface area contributed by atoms with Crippen molar-refractivity contribution in [2.75, 3.05) is 65.9 Å². The van der Waals surface area contributed by atoms with Crippen LogP contribution in [0.15, 0.2) is 30.3 Å². The number of rotatable bonds is 18. The van der Waals surface area contributed by atoms with Crippen LogP contribution in [0, 0.1) is 0 Å². The Morgan fingerprint density at radius 2 is 1.31 bits per heavy atom. The van der Waals surface area contributed by atoms with Gasteiger partial charge >= 0.3 is 12.1 Å². The van der Waals surface area contributed by atoms with Gasteiger partial charge in [0.15, 0.2) is 0 Å². The Labute approximate surface area is 206 Å². The van der Waals surface area contributed by atoms with Crippen molar-refractivity contribution >= 4 is 18.0 Å². The first-order valence-corrected chi connectivity index (χ1v) is 11.5. The van der Waals surface area contributed by atoms with E-state index in [0.717, 1.165) is 5.56 Å². The predicted octanol–water partition coefficient (Wildman–Crippen LogP) is 1.44. The molecule has 2 N–H and O–H groups in total. The molecule has 0 aromatic heterocycles. The summed E-state index contributed by atoms with van der Waals surface area (Å²) in [7, 11) is 0. The molecule has 198 valence electrons. The molecule has 0 aliphatic heterocycles. The maximum Gasteiger partial charge on any atom is 0.407 e. The summed E-state index contributed by atoms with van der Waals surface area (Å²) >= 11 is 0. The minimum atomic E-state index is -0.542. The van der Waals surface area contributed by atoms with Crippen LogP contribution in [0.5, 0.6) is 0 Å².